The van der Waals surface area contributed by atoms with Crippen molar-refractivity contribution in [2.75, 3.05) is 22.6 Å². The van der Waals surface area contributed by atoms with E-state index < -0.39 is 0 Å². The van der Waals surface area contributed by atoms with Crippen LogP contribution >= 0.6 is 0 Å². The minimum Gasteiger partial charge on any atom is -0.484 e. The third-order valence-electron chi connectivity index (χ3n) is 3.62. The zero-order valence-electron chi connectivity index (χ0n) is 15.3. The number of aromatic nitrogens is 1. The van der Waals surface area contributed by atoms with Gasteiger partial charge in [0, 0.05) is 18.3 Å². The van der Waals surface area contributed by atoms with E-state index in [1.165, 1.54) is 6.92 Å². The Hall–Kier alpha value is -3.87. The van der Waals surface area contributed by atoms with Crippen LogP contribution in [-0.2, 0) is 9.59 Å². The predicted molar refractivity (Wildman–Crippen MR) is 109 cm³/mol. The number of nitrogens with one attached hydrogen (secondary N) is 3. The maximum atomic E-state index is 12.0. The summed E-state index contributed by atoms with van der Waals surface area (Å²) in [6, 6.07) is 20.0. The van der Waals surface area contributed by atoms with Gasteiger partial charge in [0.05, 0.1) is 11.9 Å². The van der Waals surface area contributed by atoms with Gasteiger partial charge in [-0.15, -0.1) is 0 Å². The van der Waals surface area contributed by atoms with Crippen molar-refractivity contribution >= 4 is 34.7 Å². The molecule has 0 saturated carbocycles. The van der Waals surface area contributed by atoms with Gasteiger partial charge in [-0.1, -0.05) is 24.3 Å². The Bertz CT molecular complexity index is 943. The molecule has 0 fully saturated rings. The number of pyridine rings is 1. The molecule has 0 bridgehead atoms. The molecule has 1 heterocycles. The predicted octanol–water partition coefficient (Wildman–Crippen LogP) is 3.80. The van der Waals surface area contributed by atoms with Crippen molar-refractivity contribution in [3.8, 4) is 5.75 Å². The highest BCUT2D eigenvalue weighted by Crippen LogP contribution is 2.20. The fourth-order valence-corrected chi connectivity index (χ4v) is 2.43. The van der Waals surface area contributed by atoms with Gasteiger partial charge in [0.15, 0.2) is 6.61 Å². The Morgan fingerprint density at radius 3 is 2.39 bits per heavy atom. The summed E-state index contributed by atoms with van der Waals surface area (Å²) >= 11 is 0. The summed E-state index contributed by atoms with van der Waals surface area (Å²) in [5.74, 6) is 0.640. The number of carbonyl (C=O) groups is 2. The molecule has 0 atom stereocenters. The standard InChI is InChI=1S/C21H20N4O3/c1-15(26)23-16-6-5-7-17(12-16)24-18-10-11-20(22-13-18)25-21(27)14-28-19-8-3-2-4-9-19/h2-13,24H,14H2,1H3,(H,23,26)(H,22,25,27). The van der Waals surface area contributed by atoms with Crippen LogP contribution in [0.15, 0.2) is 72.9 Å². The first kappa shape index (κ1) is 18.9. The van der Waals surface area contributed by atoms with Crippen molar-refractivity contribution in [3.63, 3.8) is 0 Å². The highest BCUT2D eigenvalue weighted by molar-refractivity contribution is 5.91. The molecular weight excluding hydrogens is 356 g/mol. The quantitative estimate of drug-likeness (QED) is 0.583. The minimum absolute atomic E-state index is 0.0956. The molecule has 28 heavy (non-hydrogen) atoms. The summed E-state index contributed by atoms with van der Waals surface area (Å²) in [5, 5.41) is 8.61. The maximum Gasteiger partial charge on any atom is 0.263 e. The molecule has 0 unspecified atom stereocenters. The molecule has 0 aliphatic carbocycles. The van der Waals surface area contributed by atoms with E-state index in [9.17, 15) is 9.59 Å². The van der Waals surface area contributed by atoms with Crippen LogP contribution in [0.2, 0.25) is 0 Å². The Balaban J connectivity index is 1.53. The molecule has 142 valence electrons. The molecular formula is C21H20N4O3. The van der Waals surface area contributed by atoms with Gasteiger partial charge in [-0.2, -0.15) is 0 Å². The van der Waals surface area contributed by atoms with Crippen LogP contribution in [0.25, 0.3) is 0 Å². The van der Waals surface area contributed by atoms with Crippen molar-refractivity contribution in [2.24, 2.45) is 0 Å². The fraction of sp³-hybridized carbons (Fsp3) is 0.0952. The van der Waals surface area contributed by atoms with E-state index in [-0.39, 0.29) is 18.4 Å². The summed E-state index contributed by atoms with van der Waals surface area (Å²) in [6.07, 6.45) is 1.61. The van der Waals surface area contributed by atoms with Crippen molar-refractivity contribution in [1.29, 1.82) is 0 Å². The average Bonchev–Trinajstić information content (AvgIpc) is 2.68. The first-order valence-corrected chi connectivity index (χ1v) is 8.67. The third kappa shape index (κ3) is 5.84. The Morgan fingerprint density at radius 1 is 0.893 bits per heavy atom. The molecule has 0 radical (unpaired) electrons. The second kappa shape index (κ2) is 9.18. The lowest BCUT2D eigenvalue weighted by molar-refractivity contribution is -0.118. The van der Waals surface area contributed by atoms with Crippen molar-refractivity contribution in [2.45, 2.75) is 6.92 Å². The van der Waals surface area contributed by atoms with E-state index in [0.717, 1.165) is 11.4 Å². The van der Waals surface area contributed by atoms with Crippen LogP contribution in [0.3, 0.4) is 0 Å². The number of anilines is 4. The van der Waals surface area contributed by atoms with E-state index in [4.69, 9.17) is 4.74 Å². The molecule has 3 N–H and O–H groups in total. The summed E-state index contributed by atoms with van der Waals surface area (Å²) in [5.41, 5.74) is 2.26. The van der Waals surface area contributed by atoms with E-state index in [0.29, 0.717) is 17.3 Å². The molecule has 2 amide bonds. The average molecular weight is 376 g/mol. The summed E-state index contributed by atoms with van der Waals surface area (Å²) in [6.45, 7) is 1.36. The van der Waals surface area contributed by atoms with Crippen molar-refractivity contribution < 1.29 is 14.3 Å². The lowest BCUT2D eigenvalue weighted by atomic mass is 10.2. The first-order valence-electron chi connectivity index (χ1n) is 8.67. The number of hydrogen-bond acceptors (Lipinski definition) is 5. The lowest BCUT2D eigenvalue weighted by Gasteiger charge is -2.10. The molecule has 0 aliphatic rings. The summed E-state index contributed by atoms with van der Waals surface area (Å²) in [7, 11) is 0. The van der Waals surface area contributed by atoms with E-state index in [1.807, 2.05) is 36.4 Å². The molecule has 2 aromatic carbocycles. The monoisotopic (exact) mass is 376 g/mol. The molecule has 0 saturated heterocycles. The molecule has 3 aromatic rings. The summed E-state index contributed by atoms with van der Waals surface area (Å²) < 4.78 is 5.40. The molecule has 1 aromatic heterocycles. The zero-order valence-corrected chi connectivity index (χ0v) is 15.3. The van der Waals surface area contributed by atoms with E-state index in [2.05, 4.69) is 20.9 Å². The number of ether oxygens (including phenoxy) is 1. The Kier molecular flexibility index (Phi) is 6.20. The minimum atomic E-state index is -0.292. The first-order chi connectivity index (χ1) is 13.6. The second-order valence-corrected chi connectivity index (χ2v) is 5.97. The lowest BCUT2D eigenvalue weighted by Crippen LogP contribution is -2.20. The highest BCUT2D eigenvalue weighted by Gasteiger charge is 2.05. The zero-order chi connectivity index (χ0) is 19.8. The normalized spacial score (nSPS) is 10.0. The van der Waals surface area contributed by atoms with Gasteiger partial charge in [-0.25, -0.2) is 4.98 Å². The number of amides is 2. The van der Waals surface area contributed by atoms with E-state index in [1.54, 1.807) is 36.5 Å². The van der Waals surface area contributed by atoms with Crippen LogP contribution in [0.5, 0.6) is 5.75 Å². The van der Waals surface area contributed by atoms with Crippen LogP contribution in [0.1, 0.15) is 6.92 Å². The molecule has 7 nitrogen and oxygen atoms in total. The molecule has 0 aliphatic heterocycles. The fourth-order valence-electron chi connectivity index (χ4n) is 2.43. The molecule has 0 spiro atoms. The van der Waals surface area contributed by atoms with Gasteiger partial charge < -0.3 is 20.7 Å². The van der Waals surface area contributed by atoms with Crippen LogP contribution in [0, 0.1) is 0 Å². The topological polar surface area (TPSA) is 92.4 Å². The van der Waals surface area contributed by atoms with Gasteiger partial charge in [0.25, 0.3) is 5.91 Å². The number of nitrogens with zero attached hydrogens (tertiary/aromatic N) is 1. The number of rotatable bonds is 7. The van der Waals surface area contributed by atoms with Crippen molar-refractivity contribution in [1.82, 2.24) is 4.98 Å². The van der Waals surface area contributed by atoms with Gasteiger partial charge in [-0.05, 0) is 42.5 Å². The van der Waals surface area contributed by atoms with Crippen LogP contribution < -0.4 is 20.7 Å². The number of para-hydroxylation sites is 1. The van der Waals surface area contributed by atoms with Gasteiger partial charge in [0.1, 0.15) is 11.6 Å². The van der Waals surface area contributed by atoms with Crippen molar-refractivity contribution in [3.05, 3.63) is 72.9 Å². The SMILES string of the molecule is CC(=O)Nc1cccc(Nc2ccc(NC(=O)COc3ccccc3)nc2)c1. The molecule has 3 rings (SSSR count). The smallest absolute Gasteiger partial charge is 0.263 e. The summed E-state index contributed by atoms with van der Waals surface area (Å²) in [4.78, 5) is 27.3. The number of carbonyl (C=O) groups excluding carboxylic acids is 2. The van der Waals surface area contributed by atoms with Gasteiger partial charge in [0.2, 0.25) is 5.91 Å². The number of hydrogen-bond donors (Lipinski definition) is 3. The Labute approximate surface area is 162 Å². The maximum absolute atomic E-state index is 12.0. The molecule has 7 heteroatoms. The van der Waals surface area contributed by atoms with Gasteiger partial charge in [-0.3, -0.25) is 9.59 Å². The Morgan fingerprint density at radius 2 is 1.68 bits per heavy atom. The number of benzene rings is 2. The second-order valence-electron chi connectivity index (χ2n) is 5.97. The van der Waals surface area contributed by atoms with Crippen LogP contribution in [-0.4, -0.2) is 23.4 Å². The third-order valence-corrected chi connectivity index (χ3v) is 3.62. The largest absolute Gasteiger partial charge is 0.484 e. The van der Waals surface area contributed by atoms with Gasteiger partial charge >= 0.3 is 0 Å². The van der Waals surface area contributed by atoms with E-state index >= 15 is 0 Å². The van der Waals surface area contributed by atoms with Crippen LogP contribution in [0.4, 0.5) is 22.9 Å². The highest BCUT2D eigenvalue weighted by atomic mass is 16.5.